The lowest BCUT2D eigenvalue weighted by atomic mass is 10.1. The molecule has 1 aromatic carbocycles. The second-order valence-corrected chi connectivity index (χ2v) is 6.24. The van der Waals surface area contributed by atoms with Crippen LogP contribution >= 0.6 is 0 Å². The first-order valence-corrected chi connectivity index (χ1v) is 7.64. The van der Waals surface area contributed by atoms with Gasteiger partial charge in [-0.3, -0.25) is 4.79 Å². The van der Waals surface area contributed by atoms with Crippen LogP contribution in [0.4, 0.5) is 5.69 Å². The molecular weight excluding hydrogens is 264 g/mol. The molecule has 0 radical (unpaired) electrons. The second kappa shape index (κ2) is 6.48. The Labute approximate surface area is 127 Å². The molecule has 4 nitrogen and oxygen atoms in total. The van der Waals surface area contributed by atoms with Gasteiger partial charge < -0.3 is 15.0 Å². The standard InChI is InChI=1S/C17H26N2O2/c1-11-6-12(2)8-16(7-11)18-15(5)17(20)19-9-13(3)21-14(4)10-19/h6-8,13-15,18H,9-10H2,1-5H3/t13-,14+,15-/m1/s1. The molecule has 2 rings (SSSR count). The van der Waals surface area contributed by atoms with Gasteiger partial charge in [-0.1, -0.05) is 6.07 Å². The van der Waals surface area contributed by atoms with Crippen LogP contribution in [0.25, 0.3) is 0 Å². The van der Waals surface area contributed by atoms with Crippen molar-refractivity contribution in [1.82, 2.24) is 4.90 Å². The summed E-state index contributed by atoms with van der Waals surface area (Å²) in [6.07, 6.45) is 0.206. The van der Waals surface area contributed by atoms with Gasteiger partial charge in [-0.05, 0) is 57.9 Å². The molecular formula is C17H26N2O2. The molecule has 0 aliphatic carbocycles. The van der Waals surface area contributed by atoms with Crippen LogP contribution in [0.1, 0.15) is 31.9 Å². The molecule has 1 N–H and O–H groups in total. The number of carbonyl (C=O) groups excluding carboxylic acids is 1. The van der Waals surface area contributed by atoms with Gasteiger partial charge in [0.15, 0.2) is 0 Å². The van der Waals surface area contributed by atoms with Crippen molar-refractivity contribution in [2.45, 2.75) is 52.9 Å². The van der Waals surface area contributed by atoms with E-state index in [1.165, 1.54) is 11.1 Å². The van der Waals surface area contributed by atoms with Crippen molar-refractivity contribution in [3.63, 3.8) is 0 Å². The molecule has 1 heterocycles. The first-order valence-electron chi connectivity index (χ1n) is 7.64. The Morgan fingerprint density at radius 3 is 2.24 bits per heavy atom. The monoisotopic (exact) mass is 290 g/mol. The lowest BCUT2D eigenvalue weighted by molar-refractivity contribution is -0.143. The zero-order valence-corrected chi connectivity index (χ0v) is 13.6. The minimum absolute atomic E-state index is 0.103. The number of nitrogens with one attached hydrogen (secondary N) is 1. The predicted octanol–water partition coefficient (Wildman–Crippen LogP) is 2.74. The van der Waals surface area contributed by atoms with Gasteiger partial charge in [-0.25, -0.2) is 0 Å². The molecule has 0 bridgehead atoms. The SMILES string of the molecule is Cc1cc(C)cc(N[C@H](C)C(=O)N2C[C@@H](C)O[C@@H](C)C2)c1. The van der Waals surface area contributed by atoms with E-state index in [1.807, 2.05) is 25.7 Å². The minimum atomic E-state index is -0.233. The number of hydrogen-bond donors (Lipinski definition) is 1. The average Bonchev–Trinajstić information content (AvgIpc) is 2.35. The van der Waals surface area contributed by atoms with Crippen LogP contribution in [0, 0.1) is 13.8 Å². The lowest BCUT2D eigenvalue weighted by Gasteiger charge is -2.36. The Balaban J connectivity index is 2.02. The molecule has 0 spiro atoms. The quantitative estimate of drug-likeness (QED) is 0.930. The minimum Gasteiger partial charge on any atom is -0.374 e. The van der Waals surface area contributed by atoms with Gasteiger partial charge in [0.05, 0.1) is 12.2 Å². The van der Waals surface area contributed by atoms with Gasteiger partial charge >= 0.3 is 0 Å². The van der Waals surface area contributed by atoms with Gasteiger partial charge in [-0.15, -0.1) is 0 Å². The summed E-state index contributed by atoms with van der Waals surface area (Å²) >= 11 is 0. The molecule has 1 aromatic rings. The number of ether oxygens (including phenoxy) is 1. The van der Waals surface area contributed by atoms with Crippen molar-refractivity contribution in [2.24, 2.45) is 0 Å². The first kappa shape index (κ1) is 15.8. The molecule has 1 saturated heterocycles. The van der Waals surface area contributed by atoms with Crippen LogP contribution in [0.5, 0.6) is 0 Å². The highest BCUT2D eigenvalue weighted by Gasteiger charge is 2.28. The Morgan fingerprint density at radius 1 is 1.19 bits per heavy atom. The third-order valence-electron chi connectivity index (χ3n) is 3.71. The van der Waals surface area contributed by atoms with Crippen molar-refractivity contribution >= 4 is 11.6 Å². The fourth-order valence-corrected chi connectivity index (χ4v) is 3.00. The summed E-state index contributed by atoms with van der Waals surface area (Å²) in [6.45, 7) is 11.4. The van der Waals surface area contributed by atoms with Crippen molar-refractivity contribution in [2.75, 3.05) is 18.4 Å². The third kappa shape index (κ3) is 4.21. The van der Waals surface area contributed by atoms with Crippen LogP contribution in [-0.4, -0.2) is 42.1 Å². The number of amides is 1. The smallest absolute Gasteiger partial charge is 0.244 e. The summed E-state index contributed by atoms with van der Waals surface area (Å²) in [6, 6.07) is 6.04. The Morgan fingerprint density at radius 2 is 1.71 bits per heavy atom. The first-order chi connectivity index (χ1) is 9.85. The molecule has 116 valence electrons. The average molecular weight is 290 g/mol. The van der Waals surface area contributed by atoms with Crippen molar-refractivity contribution in [1.29, 1.82) is 0 Å². The largest absolute Gasteiger partial charge is 0.374 e. The molecule has 1 aliphatic heterocycles. The van der Waals surface area contributed by atoms with Crippen molar-refractivity contribution < 1.29 is 9.53 Å². The number of nitrogens with zero attached hydrogens (tertiary/aromatic N) is 1. The number of hydrogen-bond acceptors (Lipinski definition) is 3. The van der Waals surface area contributed by atoms with E-state index in [-0.39, 0.29) is 24.2 Å². The van der Waals surface area contributed by atoms with Crippen molar-refractivity contribution in [3.05, 3.63) is 29.3 Å². The van der Waals surface area contributed by atoms with Gasteiger partial charge in [0.25, 0.3) is 0 Å². The summed E-state index contributed by atoms with van der Waals surface area (Å²) in [5.41, 5.74) is 3.40. The van der Waals surface area contributed by atoms with E-state index in [1.54, 1.807) is 0 Å². The number of aryl methyl sites for hydroxylation is 2. The van der Waals surface area contributed by atoms with E-state index in [9.17, 15) is 4.79 Å². The zero-order chi connectivity index (χ0) is 15.6. The van der Waals surface area contributed by atoms with Gasteiger partial charge in [0.2, 0.25) is 5.91 Å². The van der Waals surface area contributed by atoms with E-state index in [4.69, 9.17) is 4.74 Å². The van der Waals surface area contributed by atoms with Gasteiger partial charge in [0, 0.05) is 18.8 Å². The van der Waals surface area contributed by atoms with Gasteiger partial charge in [-0.2, -0.15) is 0 Å². The maximum absolute atomic E-state index is 12.6. The highest BCUT2D eigenvalue weighted by molar-refractivity contribution is 5.84. The lowest BCUT2D eigenvalue weighted by Crippen LogP contribution is -2.52. The molecule has 4 heteroatoms. The molecule has 21 heavy (non-hydrogen) atoms. The van der Waals surface area contributed by atoms with Gasteiger partial charge in [0.1, 0.15) is 6.04 Å². The van der Waals surface area contributed by atoms with Crippen LogP contribution in [-0.2, 0) is 9.53 Å². The Hall–Kier alpha value is -1.55. The molecule has 1 amide bonds. The molecule has 1 aliphatic rings. The van der Waals surface area contributed by atoms with Crippen molar-refractivity contribution in [3.8, 4) is 0 Å². The summed E-state index contributed by atoms with van der Waals surface area (Å²) in [5.74, 6) is 0.135. The summed E-state index contributed by atoms with van der Waals surface area (Å²) in [4.78, 5) is 14.5. The molecule has 3 atom stereocenters. The number of morpholine rings is 1. The highest BCUT2D eigenvalue weighted by Crippen LogP contribution is 2.17. The van der Waals surface area contributed by atoms with Crippen LogP contribution in [0.3, 0.4) is 0 Å². The predicted molar refractivity (Wildman–Crippen MR) is 85.6 cm³/mol. The number of carbonyl (C=O) groups is 1. The van der Waals surface area contributed by atoms with E-state index >= 15 is 0 Å². The number of benzene rings is 1. The molecule has 0 unspecified atom stereocenters. The zero-order valence-electron chi connectivity index (χ0n) is 13.6. The maximum atomic E-state index is 12.6. The summed E-state index contributed by atoms with van der Waals surface area (Å²) in [5, 5.41) is 3.32. The Bertz CT molecular complexity index is 485. The second-order valence-electron chi connectivity index (χ2n) is 6.24. The third-order valence-corrected chi connectivity index (χ3v) is 3.71. The van der Waals surface area contributed by atoms with E-state index in [0.717, 1.165) is 5.69 Å². The topological polar surface area (TPSA) is 41.6 Å². The van der Waals surface area contributed by atoms with Crippen LogP contribution in [0.15, 0.2) is 18.2 Å². The molecule has 0 saturated carbocycles. The fourth-order valence-electron chi connectivity index (χ4n) is 3.00. The normalized spacial score (nSPS) is 23.8. The molecule has 1 fully saturated rings. The van der Waals surface area contributed by atoms with E-state index in [2.05, 4.69) is 37.4 Å². The van der Waals surface area contributed by atoms with E-state index in [0.29, 0.717) is 13.1 Å². The van der Waals surface area contributed by atoms with Crippen LogP contribution < -0.4 is 5.32 Å². The number of anilines is 1. The summed E-state index contributed by atoms with van der Waals surface area (Å²) in [7, 11) is 0. The van der Waals surface area contributed by atoms with Crippen LogP contribution in [0.2, 0.25) is 0 Å². The highest BCUT2D eigenvalue weighted by atomic mass is 16.5. The van der Waals surface area contributed by atoms with E-state index < -0.39 is 0 Å². The fraction of sp³-hybridized carbons (Fsp3) is 0.588. The Kier molecular flexibility index (Phi) is 4.88. The molecule has 0 aromatic heterocycles. The number of rotatable bonds is 3. The summed E-state index contributed by atoms with van der Waals surface area (Å²) < 4.78 is 5.68. The maximum Gasteiger partial charge on any atom is 0.244 e.